The van der Waals surface area contributed by atoms with Crippen LogP contribution in [0.15, 0.2) is 40.7 Å². The number of hydrogen-bond donors (Lipinski definition) is 2. The van der Waals surface area contributed by atoms with Crippen LogP contribution >= 0.6 is 23.1 Å². The maximum atomic E-state index is 12.8. The summed E-state index contributed by atoms with van der Waals surface area (Å²) in [5.74, 6) is -2.97. The van der Waals surface area contributed by atoms with Gasteiger partial charge < -0.3 is 10.6 Å². The van der Waals surface area contributed by atoms with Crippen LogP contribution in [0.4, 0.5) is 19.6 Å². The Kier molecular flexibility index (Phi) is 7.60. The van der Waals surface area contributed by atoms with Crippen LogP contribution in [0.3, 0.4) is 0 Å². The minimum Gasteiger partial charge on any atom is -0.325 e. The van der Waals surface area contributed by atoms with E-state index in [4.69, 9.17) is 0 Å². The highest BCUT2D eigenvalue weighted by atomic mass is 32.2. The van der Waals surface area contributed by atoms with Crippen molar-refractivity contribution in [1.82, 2.24) is 4.98 Å². The molecule has 29 heavy (non-hydrogen) atoms. The number of hydrogen-bond acceptors (Lipinski definition) is 5. The van der Waals surface area contributed by atoms with Gasteiger partial charge in [-0.15, -0.1) is 11.3 Å². The van der Waals surface area contributed by atoms with Crippen LogP contribution < -0.4 is 10.6 Å². The summed E-state index contributed by atoms with van der Waals surface area (Å²) in [5.41, 5.74) is -0.0462. The van der Waals surface area contributed by atoms with Gasteiger partial charge >= 0.3 is 0 Å². The number of anilines is 2. The van der Waals surface area contributed by atoms with E-state index in [1.807, 2.05) is 0 Å². The second kappa shape index (κ2) is 10.2. The van der Waals surface area contributed by atoms with E-state index in [-0.39, 0.29) is 24.7 Å². The summed E-state index contributed by atoms with van der Waals surface area (Å²) in [6.45, 7) is 0. The molecule has 156 valence electrons. The van der Waals surface area contributed by atoms with Crippen molar-refractivity contribution in [2.45, 2.75) is 55.6 Å². The first-order valence-corrected chi connectivity index (χ1v) is 11.2. The highest BCUT2D eigenvalue weighted by molar-refractivity contribution is 7.99. The number of thioether (sulfide) groups is 1. The summed E-state index contributed by atoms with van der Waals surface area (Å²) in [5, 5.41) is 7.90. The number of aromatic nitrogens is 1. The van der Waals surface area contributed by atoms with Gasteiger partial charge in [0.05, 0.1) is 5.69 Å². The lowest BCUT2D eigenvalue weighted by atomic mass is 9.69. The number of nitrogens with one attached hydrogen (secondary N) is 2. The molecule has 1 fully saturated rings. The Hall–Kier alpha value is -2.00. The molecular formula is C20H23F2N3O2S2. The predicted molar refractivity (Wildman–Crippen MR) is 112 cm³/mol. The molecule has 0 atom stereocenters. The Morgan fingerprint density at radius 2 is 1.79 bits per heavy atom. The van der Waals surface area contributed by atoms with Crippen molar-refractivity contribution in [3.63, 3.8) is 0 Å². The third-order valence-corrected chi connectivity index (χ3v) is 6.52. The smallest absolute Gasteiger partial charge is 0.288 e. The van der Waals surface area contributed by atoms with Gasteiger partial charge in [0.25, 0.3) is 5.76 Å². The number of thiazole rings is 1. The molecule has 1 aliphatic rings. The minimum absolute atomic E-state index is 0.150. The van der Waals surface area contributed by atoms with Gasteiger partial charge in [0.1, 0.15) is 0 Å². The molecule has 0 saturated heterocycles. The third kappa shape index (κ3) is 6.50. The molecule has 1 saturated carbocycles. The molecule has 9 heteroatoms. The summed E-state index contributed by atoms with van der Waals surface area (Å²) < 4.78 is 25.5. The lowest BCUT2D eigenvalue weighted by Gasteiger charge is -2.36. The SMILES string of the molecule is O=C(CC1(CC(=O)Nc2ccccc2SC(F)F)CCCCC1)Nc1nccs1. The number of nitrogens with zero attached hydrogens (tertiary/aromatic N) is 1. The first-order chi connectivity index (χ1) is 14.0. The second-order valence-corrected chi connectivity index (χ2v) is 9.15. The molecule has 3 rings (SSSR count). The van der Waals surface area contributed by atoms with Gasteiger partial charge in [-0.1, -0.05) is 43.2 Å². The highest BCUT2D eigenvalue weighted by Crippen LogP contribution is 2.43. The van der Waals surface area contributed by atoms with Gasteiger partial charge in [0.15, 0.2) is 5.13 Å². The number of alkyl halides is 2. The molecule has 0 radical (unpaired) electrons. The van der Waals surface area contributed by atoms with E-state index in [0.717, 1.165) is 32.1 Å². The van der Waals surface area contributed by atoms with Crippen molar-refractivity contribution in [1.29, 1.82) is 0 Å². The molecule has 0 spiro atoms. The fourth-order valence-electron chi connectivity index (χ4n) is 3.81. The number of carbonyl (C=O) groups excluding carboxylic acids is 2. The van der Waals surface area contributed by atoms with Crippen molar-refractivity contribution in [2.75, 3.05) is 10.6 Å². The van der Waals surface area contributed by atoms with Gasteiger partial charge in [0, 0.05) is 29.3 Å². The number of para-hydroxylation sites is 1. The molecule has 0 unspecified atom stereocenters. The summed E-state index contributed by atoms with van der Waals surface area (Å²) >= 11 is 1.76. The standard InChI is InChI=1S/C20H23F2N3O2S2/c21-18(22)29-15-7-3-2-6-14(15)24-16(26)12-20(8-4-1-5-9-20)13-17(27)25-19-23-10-11-28-19/h2-3,6-7,10-11,18H,1,4-5,8-9,12-13H2,(H,24,26)(H,23,25,27). The number of rotatable bonds is 8. The van der Waals surface area contributed by atoms with E-state index in [2.05, 4.69) is 15.6 Å². The molecule has 0 bridgehead atoms. The fourth-order valence-corrected chi connectivity index (χ4v) is 4.95. The highest BCUT2D eigenvalue weighted by Gasteiger charge is 2.36. The van der Waals surface area contributed by atoms with Gasteiger partial charge in [-0.3, -0.25) is 9.59 Å². The topological polar surface area (TPSA) is 71.1 Å². The monoisotopic (exact) mass is 439 g/mol. The summed E-state index contributed by atoms with van der Waals surface area (Å²) in [4.78, 5) is 29.7. The Bertz CT molecular complexity index is 825. The molecule has 2 N–H and O–H groups in total. The maximum Gasteiger partial charge on any atom is 0.288 e. The van der Waals surface area contributed by atoms with Crippen molar-refractivity contribution in [3.05, 3.63) is 35.8 Å². The van der Waals surface area contributed by atoms with Crippen LogP contribution in [0.5, 0.6) is 0 Å². The number of benzene rings is 1. The van der Waals surface area contributed by atoms with E-state index in [1.54, 1.807) is 35.8 Å². The Labute approximate surface area is 176 Å². The molecule has 2 aromatic rings. The zero-order chi connectivity index (χ0) is 20.7. The summed E-state index contributed by atoms with van der Waals surface area (Å²) in [6, 6.07) is 6.53. The van der Waals surface area contributed by atoms with Crippen molar-refractivity contribution >= 4 is 45.7 Å². The Morgan fingerprint density at radius 3 is 2.45 bits per heavy atom. The molecule has 1 aromatic heterocycles. The van der Waals surface area contributed by atoms with Crippen LogP contribution in [0, 0.1) is 5.41 Å². The summed E-state index contributed by atoms with van der Waals surface area (Å²) in [6.07, 6.45) is 6.66. The molecule has 5 nitrogen and oxygen atoms in total. The first-order valence-electron chi connectivity index (χ1n) is 9.49. The van der Waals surface area contributed by atoms with E-state index in [9.17, 15) is 18.4 Å². The van der Waals surface area contributed by atoms with E-state index < -0.39 is 11.2 Å². The molecule has 1 aliphatic carbocycles. The van der Waals surface area contributed by atoms with Crippen LogP contribution in [0.25, 0.3) is 0 Å². The van der Waals surface area contributed by atoms with Crippen LogP contribution in [0.2, 0.25) is 0 Å². The fraction of sp³-hybridized carbons (Fsp3) is 0.450. The van der Waals surface area contributed by atoms with Crippen LogP contribution in [-0.2, 0) is 9.59 Å². The van der Waals surface area contributed by atoms with Crippen molar-refractivity contribution in [2.24, 2.45) is 5.41 Å². The Balaban J connectivity index is 1.67. The maximum absolute atomic E-state index is 12.8. The zero-order valence-electron chi connectivity index (χ0n) is 15.8. The molecule has 2 amide bonds. The van der Waals surface area contributed by atoms with Crippen LogP contribution in [0.1, 0.15) is 44.9 Å². The molecule has 1 heterocycles. The lowest BCUT2D eigenvalue weighted by Crippen LogP contribution is -2.34. The number of amides is 2. The third-order valence-electron chi connectivity index (χ3n) is 5.04. The van der Waals surface area contributed by atoms with Crippen LogP contribution in [-0.4, -0.2) is 22.6 Å². The summed E-state index contributed by atoms with van der Waals surface area (Å²) in [7, 11) is 0. The van der Waals surface area contributed by atoms with E-state index >= 15 is 0 Å². The van der Waals surface area contributed by atoms with Gasteiger partial charge in [-0.05, 0) is 30.4 Å². The average Bonchev–Trinajstić information content (AvgIpc) is 3.16. The zero-order valence-corrected chi connectivity index (χ0v) is 17.5. The number of halogens is 2. The lowest BCUT2D eigenvalue weighted by molar-refractivity contribution is -0.122. The van der Waals surface area contributed by atoms with Gasteiger partial charge in [-0.2, -0.15) is 8.78 Å². The first kappa shape index (κ1) is 21.7. The van der Waals surface area contributed by atoms with Crippen molar-refractivity contribution < 1.29 is 18.4 Å². The van der Waals surface area contributed by atoms with E-state index in [0.29, 0.717) is 27.5 Å². The molecule has 1 aromatic carbocycles. The van der Waals surface area contributed by atoms with Crippen molar-refractivity contribution in [3.8, 4) is 0 Å². The van der Waals surface area contributed by atoms with E-state index in [1.165, 1.54) is 11.3 Å². The largest absolute Gasteiger partial charge is 0.325 e. The Morgan fingerprint density at radius 1 is 1.10 bits per heavy atom. The van der Waals surface area contributed by atoms with Gasteiger partial charge in [0.2, 0.25) is 11.8 Å². The molecular weight excluding hydrogens is 416 g/mol. The predicted octanol–water partition coefficient (Wildman–Crippen LogP) is 5.77. The van der Waals surface area contributed by atoms with Gasteiger partial charge in [-0.25, -0.2) is 4.98 Å². The second-order valence-electron chi connectivity index (χ2n) is 7.22. The quantitative estimate of drug-likeness (QED) is 0.513. The number of carbonyl (C=O) groups is 2. The average molecular weight is 440 g/mol. The minimum atomic E-state index is -2.56. The normalized spacial score (nSPS) is 15.8. The molecule has 0 aliphatic heterocycles.